The summed E-state index contributed by atoms with van der Waals surface area (Å²) in [5, 5.41) is 4.33. The molecular formula is C15H15N3S2. The molecule has 2 heterocycles. The van der Waals surface area contributed by atoms with E-state index in [0.29, 0.717) is 0 Å². The highest BCUT2D eigenvalue weighted by Gasteiger charge is 2.11. The lowest BCUT2D eigenvalue weighted by molar-refractivity contribution is 1.14. The zero-order valence-corrected chi connectivity index (χ0v) is 13.0. The van der Waals surface area contributed by atoms with Crippen molar-refractivity contribution < 1.29 is 0 Å². The molecule has 0 fully saturated rings. The number of nitrogens with two attached hydrogens (primary N) is 1. The minimum atomic E-state index is 0.796. The standard InChI is InChI=1S/C15H15N3S2/c1-9-15(20-10(2)17-9)13-8-19-14(18-13)7-11-3-5-12(16)6-4-11/h3-6,8H,7,16H2,1-2H3. The number of hydrogen-bond donors (Lipinski definition) is 1. The van der Waals surface area contributed by atoms with E-state index in [1.54, 1.807) is 22.7 Å². The molecule has 3 aromatic rings. The summed E-state index contributed by atoms with van der Waals surface area (Å²) < 4.78 is 0. The summed E-state index contributed by atoms with van der Waals surface area (Å²) >= 11 is 3.40. The van der Waals surface area contributed by atoms with Crippen LogP contribution in [-0.4, -0.2) is 9.97 Å². The first kappa shape index (κ1) is 13.3. The SMILES string of the molecule is Cc1nc(C)c(-c2csc(Cc3ccc(N)cc3)n2)s1. The number of nitrogen functional groups attached to an aromatic ring is 1. The third-order valence-corrected chi connectivity index (χ3v) is 4.97. The molecular weight excluding hydrogens is 286 g/mol. The predicted molar refractivity (Wildman–Crippen MR) is 86.4 cm³/mol. The maximum absolute atomic E-state index is 5.70. The summed E-state index contributed by atoms with van der Waals surface area (Å²) in [6.07, 6.45) is 0.849. The van der Waals surface area contributed by atoms with Crippen LogP contribution >= 0.6 is 22.7 Å². The molecule has 0 radical (unpaired) electrons. The van der Waals surface area contributed by atoms with Crippen molar-refractivity contribution in [2.75, 3.05) is 5.73 Å². The molecule has 2 N–H and O–H groups in total. The highest BCUT2D eigenvalue weighted by atomic mass is 32.1. The van der Waals surface area contributed by atoms with E-state index in [2.05, 4.69) is 22.5 Å². The number of rotatable bonds is 3. The average molecular weight is 301 g/mol. The van der Waals surface area contributed by atoms with Crippen molar-refractivity contribution >= 4 is 28.4 Å². The summed E-state index contributed by atoms with van der Waals surface area (Å²) in [6, 6.07) is 7.97. The van der Waals surface area contributed by atoms with Crippen molar-refractivity contribution in [1.29, 1.82) is 0 Å². The zero-order valence-electron chi connectivity index (χ0n) is 11.4. The van der Waals surface area contributed by atoms with Gasteiger partial charge in [0, 0.05) is 17.5 Å². The van der Waals surface area contributed by atoms with Crippen LogP contribution in [0.3, 0.4) is 0 Å². The highest BCUT2D eigenvalue weighted by Crippen LogP contribution is 2.31. The fourth-order valence-electron chi connectivity index (χ4n) is 2.08. The Balaban J connectivity index is 1.83. The van der Waals surface area contributed by atoms with E-state index in [0.717, 1.165) is 33.5 Å². The van der Waals surface area contributed by atoms with Gasteiger partial charge in [-0.15, -0.1) is 22.7 Å². The van der Waals surface area contributed by atoms with Gasteiger partial charge in [-0.05, 0) is 31.5 Å². The maximum Gasteiger partial charge on any atom is 0.0976 e. The Hall–Kier alpha value is -1.72. The molecule has 3 rings (SSSR count). The first-order valence-electron chi connectivity index (χ1n) is 6.35. The fourth-order valence-corrected chi connectivity index (χ4v) is 3.85. The number of aromatic nitrogens is 2. The topological polar surface area (TPSA) is 51.8 Å². The normalized spacial score (nSPS) is 10.9. The third kappa shape index (κ3) is 2.73. The maximum atomic E-state index is 5.70. The monoisotopic (exact) mass is 301 g/mol. The molecule has 20 heavy (non-hydrogen) atoms. The van der Waals surface area contributed by atoms with Crippen LogP contribution in [0.25, 0.3) is 10.6 Å². The van der Waals surface area contributed by atoms with Gasteiger partial charge in [-0.25, -0.2) is 9.97 Å². The van der Waals surface area contributed by atoms with Gasteiger partial charge in [0.1, 0.15) is 0 Å². The van der Waals surface area contributed by atoms with Crippen LogP contribution in [0.5, 0.6) is 0 Å². The van der Waals surface area contributed by atoms with E-state index in [1.807, 2.05) is 26.0 Å². The largest absolute Gasteiger partial charge is 0.399 e. The van der Waals surface area contributed by atoms with Crippen LogP contribution in [0.15, 0.2) is 29.6 Å². The van der Waals surface area contributed by atoms with Gasteiger partial charge >= 0.3 is 0 Å². The number of thiazole rings is 2. The minimum absolute atomic E-state index is 0.796. The molecule has 0 bridgehead atoms. The van der Waals surface area contributed by atoms with Gasteiger partial charge in [0.2, 0.25) is 0 Å². The van der Waals surface area contributed by atoms with Crippen LogP contribution in [-0.2, 0) is 6.42 Å². The van der Waals surface area contributed by atoms with Crippen LogP contribution < -0.4 is 5.73 Å². The second kappa shape index (κ2) is 5.34. The van der Waals surface area contributed by atoms with E-state index in [4.69, 9.17) is 10.7 Å². The summed E-state index contributed by atoms with van der Waals surface area (Å²) in [5.74, 6) is 0. The molecule has 1 aromatic carbocycles. The van der Waals surface area contributed by atoms with Crippen molar-refractivity contribution in [3.63, 3.8) is 0 Å². The number of benzene rings is 1. The molecule has 5 heteroatoms. The second-order valence-corrected chi connectivity index (χ2v) is 6.84. The number of nitrogens with zero attached hydrogens (tertiary/aromatic N) is 2. The van der Waals surface area contributed by atoms with Crippen LogP contribution in [0.4, 0.5) is 5.69 Å². The number of hydrogen-bond acceptors (Lipinski definition) is 5. The summed E-state index contributed by atoms with van der Waals surface area (Å²) in [7, 11) is 0. The summed E-state index contributed by atoms with van der Waals surface area (Å²) in [5.41, 5.74) is 9.84. The lowest BCUT2D eigenvalue weighted by Crippen LogP contribution is -1.89. The molecule has 0 saturated heterocycles. The molecule has 0 amide bonds. The van der Waals surface area contributed by atoms with Crippen LogP contribution in [0.1, 0.15) is 21.3 Å². The fraction of sp³-hybridized carbons (Fsp3) is 0.200. The first-order valence-corrected chi connectivity index (χ1v) is 8.04. The Kier molecular flexibility index (Phi) is 3.54. The van der Waals surface area contributed by atoms with E-state index in [1.165, 1.54) is 10.4 Å². The third-order valence-electron chi connectivity index (χ3n) is 3.02. The van der Waals surface area contributed by atoms with Crippen LogP contribution in [0.2, 0.25) is 0 Å². The van der Waals surface area contributed by atoms with Crippen molar-refractivity contribution in [1.82, 2.24) is 9.97 Å². The lowest BCUT2D eigenvalue weighted by atomic mass is 10.1. The smallest absolute Gasteiger partial charge is 0.0976 e. The Morgan fingerprint density at radius 1 is 1.10 bits per heavy atom. The molecule has 102 valence electrons. The molecule has 0 atom stereocenters. The van der Waals surface area contributed by atoms with Gasteiger partial charge in [0.25, 0.3) is 0 Å². The van der Waals surface area contributed by atoms with E-state index < -0.39 is 0 Å². The van der Waals surface area contributed by atoms with Crippen molar-refractivity contribution in [2.24, 2.45) is 0 Å². The lowest BCUT2D eigenvalue weighted by Gasteiger charge is -1.98. The van der Waals surface area contributed by atoms with Gasteiger partial charge < -0.3 is 5.73 Å². The van der Waals surface area contributed by atoms with Crippen molar-refractivity contribution in [3.05, 3.63) is 50.9 Å². The Bertz CT molecular complexity index is 726. The Morgan fingerprint density at radius 2 is 1.85 bits per heavy atom. The Labute approximate surface area is 126 Å². The second-order valence-electron chi connectivity index (χ2n) is 4.69. The molecule has 0 unspecified atom stereocenters. The molecule has 0 saturated carbocycles. The van der Waals surface area contributed by atoms with Crippen molar-refractivity contribution in [2.45, 2.75) is 20.3 Å². The quantitative estimate of drug-likeness (QED) is 0.742. The van der Waals surface area contributed by atoms with E-state index in [9.17, 15) is 0 Å². The molecule has 0 spiro atoms. The average Bonchev–Trinajstić information content (AvgIpc) is 2.99. The van der Waals surface area contributed by atoms with Gasteiger partial charge in [-0.2, -0.15) is 0 Å². The molecule has 0 aliphatic rings. The van der Waals surface area contributed by atoms with E-state index >= 15 is 0 Å². The molecule has 3 nitrogen and oxygen atoms in total. The predicted octanol–water partition coefficient (Wildman–Crippen LogP) is 4.06. The van der Waals surface area contributed by atoms with Gasteiger partial charge in [0.05, 0.1) is 26.3 Å². The summed E-state index contributed by atoms with van der Waals surface area (Å²) in [4.78, 5) is 10.4. The Morgan fingerprint density at radius 3 is 2.50 bits per heavy atom. The summed E-state index contributed by atoms with van der Waals surface area (Å²) in [6.45, 7) is 4.07. The number of aryl methyl sites for hydroxylation is 2. The highest BCUT2D eigenvalue weighted by molar-refractivity contribution is 7.15. The minimum Gasteiger partial charge on any atom is -0.399 e. The van der Waals surface area contributed by atoms with Gasteiger partial charge in [-0.3, -0.25) is 0 Å². The first-order chi connectivity index (χ1) is 9.61. The van der Waals surface area contributed by atoms with E-state index in [-0.39, 0.29) is 0 Å². The zero-order chi connectivity index (χ0) is 14.1. The van der Waals surface area contributed by atoms with Crippen molar-refractivity contribution in [3.8, 4) is 10.6 Å². The molecule has 2 aromatic heterocycles. The molecule has 0 aliphatic carbocycles. The van der Waals surface area contributed by atoms with Gasteiger partial charge in [-0.1, -0.05) is 12.1 Å². The van der Waals surface area contributed by atoms with Crippen LogP contribution in [0, 0.1) is 13.8 Å². The molecule has 0 aliphatic heterocycles. The number of anilines is 1. The van der Waals surface area contributed by atoms with Gasteiger partial charge in [0.15, 0.2) is 0 Å².